The van der Waals surface area contributed by atoms with E-state index in [9.17, 15) is 4.79 Å². The van der Waals surface area contributed by atoms with Gasteiger partial charge in [0.05, 0.1) is 12.2 Å². The van der Waals surface area contributed by atoms with Crippen LogP contribution >= 0.6 is 0 Å². The van der Waals surface area contributed by atoms with Crippen LogP contribution in [0.3, 0.4) is 0 Å². The highest BCUT2D eigenvalue weighted by molar-refractivity contribution is 5.74. The van der Waals surface area contributed by atoms with Crippen LogP contribution < -0.4 is 10.6 Å². The Morgan fingerprint density at radius 1 is 1.47 bits per heavy atom. The molecule has 1 aromatic heterocycles. The maximum Gasteiger partial charge on any atom is 0.315 e. The van der Waals surface area contributed by atoms with Crippen LogP contribution in [0.1, 0.15) is 37.2 Å². The molecule has 2 N–H and O–H groups in total. The van der Waals surface area contributed by atoms with Gasteiger partial charge in [-0.15, -0.1) is 0 Å². The van der Waals surface area contributed by atoms with E-state index in [0.717, 1.165) is 24.4 Å². The Labute approximate surface area is 101 Å². The summed E-state index contributed by atoms with van der Waals surface area (Å²) in [7, 11) is 0. The fraction of sp³-hybridized carbons (Fsp3) is 0.583. The summed E-state index contributed by atoms with van der Waals surface area (Å²) in [6, 6.07) is 2.05. The summed E-state index contributed by atoms with van der Waals surface area (Å²) in [5.41, 5.74) is 0.832. The Bertz CT molecular complexity index is 388. The molecule has 0 radical (unpaired) electrons. The number of hydrogen-bond donors (Lipinski definition) is 2. The molecule has 1 fully saturated rings. The zero-order chi connectivity index (χ0) is 12.1. The minimum atomic E-state index is -0.104. The molecule has 0 aromatic carbocycles. The van der Waals surface area contributed by atoms with Gasteiger partial charge in [0.15, 0.2) is 0 Å². The third-order valence-corrected chi connectivity index (χ3v) is 2.95. The van der Waals surface area contributed by atoms with Gasteiger partial charge in [0.25, 0.3) is 0 Å². The lowest BCUT2D eigenvalue weighted by molar-refractivity contribution is 0.236. The summed E-state index contributed by atoms with van der Waals surface area (Å²) in [5, 5.41) is 5.78. The van der Waals surface area contributed by atoms with Gasteiger partial charge >= 0.3 is 6.03 Å². The number of aromatic nitrogens is 2. The highest BCUT2D eigenvalue weighted by Gasteiger charge is 2.16. The molecule has 0 aliphatic heterocycles. The zero-order valence-electron chi connectivity index (χ0n) is 10.1. The summed E-state index contributed by atoms with van der Waals surface area (Å²) in [6.07, 6.45) is 6.33. The molecule has 2 amide bonds. The van der Waals surface area contributed by atoms with Gasteiger partial charge in [-0.25, -0.2) is 14.8 Å². The first-order valence-electron chi connectivity index (χ1n) is 6.07. The Balaban J connectivity index is 1.75. The van der Waals surface area contributed by atoms with E-state index in [2.05, 4.69) is 20.6 Å². The van der Waals surface area contributed by atoms with Gasteiger partial charge in [-0.3, -0.25) is 0 Å². The molecule has 0 unspecified atom stereocenters. The standard InChI is InChI=1S/C12H18N4O/c1-9-13-7-6-11(15-9)8-14-12(17)16-10-4-2-3-5-10/h6-7,10H,2-5,8H2,1H3,(H2,14,16,17). The van der Waals surface area contributed by atoms with Crippen LogP contribution in [0, 0.1) is 6.92 Å². The number of hydrogen-bond acceptors (Lipinski definition) is 3. The number of carbonyl (C=O) groups is 1. The lowest BCUT2D eigenvalue weighted by Crippen LogP contribution is -2.40. The van der Waals surface area contributed by atoms with E-state index in [0.29, 0.717) is 12.6 Å². The number of rotatable bonds is 3. The third-order valence-electron chi connectivity index (χ3n) is 2.95. The summed E-state index contributed by atoms with van der Waals surface area (Å²) in [6.45, 7) is 2.28. The molecule has 0 saturated heterocycles. The smallest absolute Gasteiger partial charge is 0.315 e. The number of urea groups is 1. The third kappa shape index (κ3) is 3.69. The van der Waals surface area contributed by atoms with Crippen molar-refractivity contribution in [3.8, 4) is 0 Å². The van der Waals surface area contributed by atoms with Crippen LogP contribution in [0.4, 0.5) is 4.79 Å². The van der Waals surface area contributed by atoms with Crippen LogP contribution in [0.15, 0.2) is 12.3 Å². The van der Waals surface area contributed by atoms with Crippen molar-refractivity contribution in [3.05, 3.63) is 23.8 Å². The van der Waals surface area contributed by atoms with Crippen molar-refractivity contribution in [3.63, 3.8) is 0 Å². The molecule has 0 atom stereocenters. The molecule has 1 saturated carbocycles. The van der Waals surface area contributed by atoms with Gasteiger partial charge in [0.1, 0.15) is 5.82 Å². The van der Waals surface area contributed by atoms with E-state index in [1.165, 1.54) is 12.8 Å². The highest BCUT2D eigenvalue weighted by atomic mass is 16.2. The van der Waals surface area contributed by atoms with E-state index < -0.39 is 0 Å². The van der Waals surface area contributed by atoms with Crippen LogP contribution in [-0.4, -0.2) is 22.0 Å². The predicted octanol–water partition coefficient (Wildman–Crippen LogP) is 1.53. The average molecular weight is 234 g/mol. The quantitative estimate of drug-likeness (QED) is 0.833. The molecule has 5 heteroatoms. The van der Waals surface area contributed by atoms with Crippen LogP contribution in [-0.2, 0) is 6.54 Å². The average Bonchev–Trinajstić information content (AvgIpc) is 2.79. The van der Waals surface area contributed by atoms with Crippen LogP contribution in [0.2, 0.25) is 0 Å². The number of nitrogens with one attached hydrogen (secondary N) is 2. The Morgan fingerprint density at radius 3 is 2.94 bits per heavy atom. The molecular weight excluding hydrogens is 216 g/mol. The minimum absolute atomic E-state index is 0.104. The van der Waals surface area contributed by atoms with Gasteiger partial charge in [0, 0.05) is 12.2 Å². The van der Waals surface area contributed by atoms with Crippen molar-refractivity contribution in [2.75, 3.05) is 0 Å². The Kier molecular flexibility index (Phi) is 3.90. The van der Waals surface area contributed by atoms with Gasteiger partial charge in [-0.1, -0.05) is 12.8 Å². The maximum absolute atomic E-state index is 11.6. The lowest BCUT2D eigenvalue weighted by atomic mass is 10.2. The van der Waals surface area contributed by atoms with E-state index >= 15 is 0 Å². The van der Waals surface area contributed by atoms with Gasteiger partial charge in [0.2, 0.25) is 0 Å². The Hall–Kier alpha value is -1.65. The van der Waals surface area contributed by atoms with E-state index in [1.54, 1.807) is 6.20 Å². The molecule has 2 rings (SSSR count). The van der Waals surface area contributed by atoms with E-state index in [-0.39, 0.29) is 6.03 Å². The normalized spacial score (nSPS) is 15.8. The van der Waals surface area contributed by atoms with E-state index in [4.69, 9.17) is 0 Å². The second-order valence-corrected chi connectivity index (χ2v) is 4.40. The Morgan fingerprint density at radius 2 is 2.24 bits per heavy atom. The van der Waals surface area contributed by atoms with Crippen molar-refractivity contribution in [2.45, 2.75) is 45.2 Å². The molecule has 1 aromatic rings. The van der Waals surface area contributed by atoms with Crippen molar-refractivity contribution in [1.82, 2.24) is 20.6 Å². The van der Waals surface area contributed by atoms with E-state index in [1.807, 2.05) is 13.0 Å². The summed E-state index contributed by atoms with van der Waals surface area (Å²) in [5.74, 6) is 0.723. The first kappa shape index (κ1) is 11.8. The number of nitrogens with zero attached hydrogens (tertiary/aromatic N) is 2. The summed E-state index contributed by atoms with van der Waals surface area (Å²) in [4.78, 5) is 19.8. The molecule has 1 aliphatic carbocycles. The monoisotopic (exact) mass is 234 g/mol. The largest absolute Gasteiger partial charge is 0.335 e. The molecule has 0 spiro atoms. The van der Waals surface area contributed by atoms with Crippen LogP contribution in [0.5, 0.6) is 0 Å². The van der Waals surface area contributed by atoms with Gasteiger partial charge in [-0.2, -0.15) is 0 Å². The topological polar surface area (TPSA) is 66.9 Å². The van der Waals surface area contributed by atoms with Crippen molar-refractivity contribution >= 4 is 6.03 Å². The fourth-order valence-electron chi connectivity index (χ4n) is 2.08. The number of carbonyl (C=O) groups excluding carboxylic acids is 1. The highest BCUT2D eigenvalue weighted by Crippen LogP contribution is 2.17. The second kappa shape index (κ2) is 5.61. The number of aryl methyl sites for hydroxylation is 1. The molecular formula is C12H18N4O. The lowest BCUT2D eigenvalue weighted by Gasteiger charge is -2.12. The fourth-order valence-corrected chi connectivity index (χ4v) is 2.08. The van der Waals surface area contributed by atoms with Crippen LogP contribution in [0.25, 0.3) is 0 Å². The van der Waals surface area contributed by atoms with Crippen molar-refractivity contribution in [2.24, 2.45) is 0 Å². The zero-order valence-corrected chi connectivity index (χ0v) is 10.1. The molecule has 5 nitrogen and oxygen atoms in total. The first-order valence-corrected chi connectivity index (χ1v) is 6.07. The molecule has 92 valence electrons. The summed E-state index contributed by atoms with van der Waals surface area (Å²) < 4.78 is 0. The van der Waals surface area contributed by atoms with Gasteiger partial charge < -0.3 is 10.6 Å². The molecule has 0 bridgehead atoms. The maximum atomic E-state index is 11.6. The first-order chi connectivity index (χ1) is 8.24. The minimum Gasteiger partial charge on any atom is -0.335 e. The molecule has 17 heavy (non-hydrogen) atoms. The molecule has 1 heterocycles. The summed E-state index contributed by atoms with van der Waals surface area (Å²) >= 11 is 0. The SMILES string of the molecule is Cc1nccc(CNC(=O)NC2CCCC2)n1. The van der Waals surface area contributed by atoms with Crippen molar-refractivity contribution in [1.29, 1.82) is 0 Å². The number of amides is 2. The van der Waals surface area contributed by atoms with Gasteiger partial charge in [-0.05, 0) is 25.8 Å². The molecule has 1 aliphatic rings. The second-order valence-electron chi connectivity index (χ2n) is 4.40. The van der Waals surface area contributed by atoms with Crippen molar-refractivity contribution < 1.29 is 4.79 Å². The predicted molar refractivity (Wildman–Crippen MR) is 64.4 cm³/mol.